The van der Waals surface area contributed by atoms with E-state index in [1.165, 1.54) is 7.11 Å². The summed E-state index contributed by atoms with van der Waals surface area (Å²) in [6, 6.07) is 6.96. The number of esters is 1. The van der Waals surface area contributed by atoms with Crippen molar-refractivity contribution in [2.75, 3.05) is 30.9 Å². The molecule has 7 heteroatoms. The molecule has 0 fully saturated rings. The molecule has 0 radical (unpaired) electrons. The van der Waals surface area contributed by atoms with Crippen molar-refractivity contribution in [1.29, 1.82) is 0 Å². The minimum atomic E-state index is -0.361. The van der Waals surface area contributed by atoms with E-state index < -0.39 is 0 Å². The summed E-state index contributed by atoms with van der Waals surface area (Å²) in [5.41, 5.74) is 1.30. The van der Waals surface area contributed by atoms with E-state index in [0.717, 1.165) is 25.1 Å². The highest BCUT2D eigenvalue weighted by molar-refractivity contribution is 5.89. The number of nitrogens with zero attached hydrogens (tertiary/aromatic N) is 4. The molecule has 0 aliphatic carbocycles. The van der Waals surface area contributed by atoms with E-state index in [-0.39, 0.29) is 5.97 Å². The van der Waals surface area contributed by atoms with Gasteiger partial charge in [0.05, 0.1) is 18.9 Å². The number of methoxy groups -OCH3 is 1. The van der Waals surface area contributed by atoms with Crippen molar-refractivity contribution in [3.63, 3.8) is 0 Å². The van der Waals surface area contributed by atoms with E-state index in [4.69, 9.17) is 0 Å². The lowest BCUT2D eigenvalue weighted by Crippen LogP contribution is -2.21. The molecule has 1 heterocycles. The Morgan fingerprint density at radius 1 is 1.30 bits per heavy atom. The molecule has 1 N–H and O–H groups in total. The first kappa shape index (κ1) is 16.7. The molecule has 0 unspecified atom stereocenters. The van der Waals surface area contributed by atoms with Gasteiger partial charge in [0.2, 0.25) is 5.95 Å². The van der Waals surface area contributed by atoms with Crippen molar-refractivity contribution in [3.05, 3.63) is 36.0 Å². The largest absolute Gasteiger partial charge is 0.465 e. The first-order valence-electron chi connectivity index (χ1n) is 7.50. The zero-order chi connectivity index (χ0) is 16.7. The minimum Gasteiger partial charge on any atom is -0.465 e. The maximum absolute atomic E-state index is 11.4. The highest BCUT2D eigenvalue weighted by atomic mass is 16.5. The highest BCUT2D eigenvalue weighted by Gasteiger charge is 2.07. The van der Waals surface area contributed by atoms with Gasteiger partial charge in [-0.3, -0.25) is 0 Å². The van der Waals surface area contributed by atoms with E-state index in [2.05, 4.69) is 32.2 Å². The average molecular weight is 315 g/mol. The van der Waals surface area contributed by atoms with E-state index in [9.17, 15) is 4.79 Å². The molecule has 7 nitrogen and oxygen atoms in total. The second-order valence-corrected chi connectivity index (χ2v) is 5.11. The van der Waals surface area contributed by atoms with Gasteiger partial charge < -0.3 is 15.0 Å². The van der Waals surface area contributed by atoms with E-state index in [1.54, 1.807) is 30.5 Å². The van der Waals surface area contributed by atoms with Crippen LogP contribution in [0.25, 0.3) is 0 Å². The van der Waals surface area contributed by atoms with Crippen LogP contribution in [-0.4, -0.2) is 41.9 Å². The summed E-state index contributed by atoms with van der Waals surface area (Å²) >= 11 is 0. The van der Waals surface area contributed by atoms with Gasteiger partial charge in [-0.25, -0.2) is 4.79 Å². The molecule has 0 amide bonds. The van der Waals surface area contributed by atoms with Gasteiger partial charge in [-0.2, -0.15) is 10.1 Å². The maximum atomic E-state index is 11.4. The average Bonchev–Trinajstić information content (AvgIpc) is 2.60. The first-order chi connectivity index (χ1) is 11.1. The summed E-state index contributed by atoms with van der Waals surface area (Å²) in [4.78, 5) is 17.8. The quantitative estimate of drug-likeness (QED) is 0.787. The fourth-order valence-corrected chi connectivity index (χ4v) is 1.97. The third-order valence-electron chi connectivity index (χ3n) is 3.31. The summed E-state index contributed by atoms with van der Waals surface area (Å²) < 4.78 is 4.67. The molecule has 0 saturated heterocycles. The van der Waals surface area contributed by atoms with Gasteiger partial charge >= 0.3 is 5.97 Å². The van der Waals surface area contributed by atoms with Gasteiger partial charge in [-0.15, -0.1) is 5.10 Å². The molecule has 0 aliphatic rings. The Kier molecular flexibility index (Phi) is 5.85. The first-order valence-corrected chi connectivity index (χ1v) is 7.50. The zero-order valence-corrected chi connectivity index (χ0v) is 13.6. The molecule has 2 rings (SSSR count). The Morgan fingerprint density at radius 2 is 2.04 bits per heavy atom. The molecular formula is C16H21N5O2. The van der Waals surface area contributed by atoms with Crippen molar-refractivity contribution < 1.29 is 9.53 Å². The number of benzene rings is 1. The molecule has 23 heavy (non-hydrogen) atoms. The number of anilines is 3. The van der Waals surface area contributed by atoms with Crippen LogP contribution in [0.1, 0.15) is 30.1 Å². The van der Waals surface area contributed by atoms with Crippen molar-refractivity contribution in [2.45, 2.75) is 19.8 Å². The number of hydrogen-bond acceptors (Lipinski definition) is 7. The highest BCUT2D eigenvalue weighted by Crippen LogP contribution is 2.16. The fraction of sp³-hybridized carbons (Fsp3) is 0.375. The van der Waals surface area contributed by atoms with Gasteiger partial charge in [-0.05, 0) is 30.7 Å². The van der Waals surface area contributed by atoms with E-state index in [1.807, 2.05) is 11.9 Å². The van der Waals surface area contributed by atoms with E-state index in [0.29, 0.717) is 17.3 Å². The smallest absolute Gasteiger partial charge is 0.337 e. The van der Waals surface area contributed by atoms with Crippen LogP contribution in [0.5, 0.6) is 0 Å². The predicted molar refractivity (Wildman–Crippen MR) is 89.1 cm³/mol. The lowest BCUT2D eigenvalue weighted by Gasteiger charge is -2.16. The Balaban J connectivity index is 2.06. The van der Waals surface area contributed by atoms with Crippen LogP contribution in [0.3, 0.4) is 0 Å². The monoisotopic (exact) mass is 315 g/mol. The van der Waals surface area contributed by atoms with E-state index >= 15 is 0 Å². The molecule has 1 aromatic carbocycles. The number of unbranched alkanes of at least 4 members (excludes halogenated alkanes) is 1. The molecule has 0 atom stereocenters. The molecule has 0 bridgehead atoms. The summed E-state index contributed by atoms with van der Waals surface area (Å²) in [7, 11) is 3.30. The van der Waals surface area contributed by atoms with Gasteiger partial charge in [0.15, 0.2) is 5.82 Å². The molecule has 0 spiro atoms. The summed E-state index contributed by atoms with van der Waals surface area (Å²) in [6.07, 6.45) is 3.75. The fourth-order valence-electron chi connectivity index (χ4n) is 1.97. The van der Waals surface area contributed by atoms with Crippen LogP contribution in [0.4, 0.5) is 17.5 Å². The van der Waals surface area contributed by atoms with Gasteiger partial charge in [0.1, 0.15) is 0 Å². The van der Waals surface area contributed by atoms with Crippen molar-refractivity contribution in [1.82, 2.24) is 15.2 Å². The SMILES string of the molecule is CCCCN(C)c1nncc(Nc2ccc(C(=O)OC)cc2)n1. The second-order valence-electron chi connectivity index (χ2n) is 5.11. The third kappa shape index (κ3) is 4.64. The number of aromatic nitrogens is 3. The number of ether oxygens (including phenoxy) is 1. The van der Waals surface area contributed by atoms with Crippen LogP contribution >= 0.6 is 0 Å². The number of hydrogen-bond donors (Lipinski definition) is 1. The van der Waals surface area contributed by atoms with Crippen LogP contribution in [0, 0.1) is 0 Å². The molecular weight excluding hydrogens is 294 g/mol. The van der Waals surface area contributed by atoms with Crippen LogP contribution < -0.4 is 10.2 Å². The predicted octanol–water partition coefficient (Wildman–Crippen LogP) is 2.64. The second kappa shape index (κ2) is 8.07. The number of rotatable bonds is 7. The third-order valence-corrected chi connectivity index (χ3v) is 3.31. The van der Waals surface area contributed by atoms with Crippen LogP contribution in [0.15, 0.2) is 30.5 Å². The Labute approximate surface area is 135 Å². The Morgan fingerprint density at radius 3 is 2.70 bits per heavy atom. The van der Waals surface area contributed by atoms with Gasteiger partial charge in [0, 0.05) is 19.3 Å². The van der Waals surface area contributed by atoms with Gasteiger partial charge in [-0.1, -0.05) is 13.3 Å². The Hall–Kier alpha value is -2.70. The van der Waals surface area contributed by atoms with Crippen molar-refractivity contribution in [2.24, 2.45) is 0 Å². The number of nitrogens with one attached hydrogen (secondary N) is 1. The van der Waals surface area contributed by atoms with Crippen LogP contribution in [0.2, 0.25) is 0 Å². The molecule has 1 aromatic heterocycles. The number of carbonyl (C=O) groups is 1. The zero-order valence-electron chi connectivity index (χ0n) is 13.6. The van der Waals surface area contributed by atoms with Crippen molar-refractivity contribution in [3.8, 4) is 0 Å². The molecule has 122 valence electrons. The molecule has 0 aliphatic heterocycles. The van der Waals surface area contributed by atoms with Gasteiger partial charge in [0.25, 0.3) is 0 Å². The standard InChI is InChI=1S/C16H21N5O2/c1-4-5-10-21(2)16-19-14(11-17-20-16)18-13-8-6-12(7-9-13)15(22)23-3/h6-9,11H,4-5,10H2,1-3H3,(H,18,19,20). The summed E-state index contributed by atoms with van der Waals surface area (Å²) in [5, 5.41) is 11.2. The maximum Gasteiger partial charge on any atom is 0.337 e. The number of carbonyl (C=O) groups excluding carboxylic acids is 1. The molecule has 0 saturated carbocycles. The lowest BCUT2D eigenvalue weighted by atomic mass is 10.2. The van der Waals surface area contributed by atoms with Crippen molar-refractivity contribution >= 4 is 23.4 Å². The summed E-state index contributed by atoms with van der Waals surface area (Å²) in [6.45, 7) is 3.03. The molecule has 2 aromatic rings. The Bertz CT molecular complexity index is 645. The van der Waals surface area contributed by atoms with Crippen LogP contribution in [-0.2, 0) is 4.74 Å². The normalized spacial score (nSPS) is 10.2. The minimum absolute atomic E-state index is 0.361. The topological polar surface area (TPSA) is 80.2 Å². The summed E-state index contributed by atoms with van der Waals surface area (Å²) in [5.74, 6) is 0.818. The lowest BCUT2D eigenvalue weighted by molar-refractivity contribution is 0.0601.